The van der Waals surface area contributed by atoms with Gasteiger partial charge in [0.2, 0.25) is 5.91 Å². The van der Waals surface area contributed by atoms with Crippen LogP contribution in [0.2, 0.25) is 0 Å². The maximum Gasteiger partial charge on any atom is 0.303 e. The molecular weight excluding hydrogens is 250 g/mol. The molecule has 0 fully saturated rings. The number of fused-ring (bicyclic) bond motifs is 1. The largest absolute Gasteiger partial charge is 0.481 e. The van der Waals surface area contributed by atoms with E-state index in [2.05, 4.69) is 0 Å². The third-order valence-electron chi connectivity index (χ3n) is 2.75. The number of benzene rings is 1. The van der Waals surface area contributed by atoms with E-state index in [4.69, 9.17) is 5.11 Å². The Morgan fingerprint density at radius 2 is 2.00 bits per heavy atom. The van der Waals surface area contributed by atoms with E-state index in [9.17, 15) is 9.59 Å². The third-order valence-corrected chi connectivity index (χ3v) is 3.70. The van der Waals surface area contributed by atoms with Gasteiger partial charge in [-0.1, -0.05) is 18.2 Å². The van der Waals surface area contributed by atoms with Crippen molar-refractivity contribution in [1.82, 2.24) is 0 Å². The molecule has 1 aromatic carbocycles. The molecule has 0 aliphatic rings. The molecule has 0 saturated heterocycles. The van der Waals surface area contributed by atoms with Gasteiger partial charge in [-0.25, -0.2) is 0 Å². The lowest BCUT2D eigenvalue weighted by Gasteiger charge is -2.15. The van der Waals surface area contributed by atoms with Gasteiger partial charge in [0, 0.05) is 28.9 Å². The first-order valence-corrected chi connectivity index (χ1v) is 6.42. The van der Waals surface area contributed by atoms with Gasteiger partial charge in [0.1, 0.15) is 0 Å². The summed E-state index contributed by atoms with van der Waals surface area (Å²) in [7, 11) is 1.68. The number of rotatable bonds is 4. The number of carbonyl (C=O) groups is 2. The first kappa shape index (κ1) is 12.6. The molecule has 0 spiro atoms. The zero-order valence-corrected chi connectivity index (χ0v) is 10.7. The molecule has 1 heterocycles. The van der Waals surface area contributed by atoms with Crippen LogP contribution in [0.25, 0.3) is 10.1 Å². The number of carboxylic acids is 1. The van der Waals surface area contributed by atoms with Gasteiger partial charge in [-0.3, -0.25) is 9.59 Å². The van der Waals surface area contributed by atoms with Crippen molar-refractivity contribution in [2.24, 2.45) is 0 Å². The van der Waals surface area contributed by atoms with Crippen molar-refractivity contribution >= 4 is 39.0 Å². The lowest BCUT2D eigenvalue weighted by Crippen LogP contribution is -2.26. The summed E-state index contributed by atoms with van der Waals surface area (Å²) in [5, 5.41) is 11.5. The van der Waals surface area contributed by atoms with E-state index in [0.717, 1.165) is 15.8 Å². The van der Waals surface area contributed by atoms with Crippen molar-refractivity contribution in [3.63, 3.8) is 0 Å². The maximum atomic E-state index is 11.9. The molecule has 5 heteroatoms. The molecular formula is C13H13NO3S. The molecule has 1 N–H and O–H groups in total. The Labute approximate surface area is 108 Å². The number of amides is 1. The molecule has 2 aromatic rings. The minimum Gasteiger partial charge on any atom is -0.481 e. The summed E-state index contributed by atoms with van der Waals surface area (Å²) in [5.74, 6) is -1.13. The quantitative estimate of drug-likeness (QED) is 0.922. The van der Waals surface area contributed by atoms with Gasteiger partial charge in [-0.05, 0) is 6.07 Å². The topological polar surface area (TPSA) is 57.6 Å². The molecule has 4 nitrogen and oxygen atoms in total. The zero-order valence-electron chi connectivity index (χ0n) is 9.92. The van der Waals surface area contributed by atoms with Crippen LogP contribution in [-0.2, 0) is 9.59 Å². The van der Waals surface area contributed by atoms with Crippen LogP contribution < -0.4 is 4.90 Å². The summed E-state index contributed by atoms with van der Waals surface area (Å²) in [5.41, 5.74) is 0.839. The zero-order chi connectivity index (χ0) is 13.1. The smallest absolute Gasteiger partial charge is 0.303 e. The second-order valence-electron chi connectivity index (χ2n) is 3.96. The molecule has 0 unspecified atom stereocenters. The number of carboxylic acid groups (broad SMARTS) is 1. The Morgan fingerprint density at radius 1 is 1.28 bits per heavy atom. The van der Waals surface area contributed by atoms with Crippen LogP contribution in [0.15, 0.2) is 29.6 Å². The highest BCUT2D eigenvalue weighted by atomic mass is 32.1. The standard InChI is InChI=1S/C13H13NO3S/c1-14(12(15)6-7-13(16)17)10-8-18-11-5-3-2-4-9(10)11/h2-5,8H,6-7H2,1H3,(H,16,17). The predicted octanol–water partition coefficient (Wildman–Crippen LogP) is 2.73. The predicted molar refractivity (Wildman–Crippen MR) is 72.1 cm³/mol. The van der Waals surface area contributed by atoms with E-state index >= 15 is 0 Å². The number of aliphatic carboxylic acids is 1. The van der Waals surface area contributed by atoms with Crippen LogP contribution >= 0.6 is 11.3 Å². The molecule has 0 atom stereocenters. The summed E-state index contributed by atoms with van der Waals surface area (Å²) >= 11 is 1.57. The Balaban J connectivity index is 2.20. The first-order chi connectivity index (χ1) is 8.59. The van der Waals surface area contributed by atoms with E-state index in [1.54, 1.807) is 18.4 Å². The van der Waals surface area contributed by atoms with Crippen molar-refractivity contribution in [2.45, 2.75) is 12.8 Å². The summed E-state index contributed by atoms with van der Waals surface area (Å²) in [6.45, 7) is 0. The average molecular weight is 263 g/mol. The summed E-state index contributed by atoms with van der Waals surface area (Å²) in [6, 6.07) is 7.84. The van der Waals surface area contributed by atoms with Crippen LogP contribution in [0.1, 0.15) is 12.8 Å². The van der Waals surface area contributed by atoms with Gasteiger partial charge in [0.25, 0.3) is 0 Å². The Morgan fingerprint density at radius 3 is 2.72 bits per heavy atom. The molecule has 0 bridgehead atoms. The highest BCUT2D eigenvalue weighted by molar-refractivity contribution is 7.17. The first-order valence-electron chi connectivity index (χ1n) is 5.54. The molecule has 18 heavy (non-hydrogen) atoms. The SMILES string of the molecule is CN(C(=O)CCC(=O)O)c1csc2ccccc12. The second-order valence-corrected chi connectivity index (χ2v) is 4.87. The van der Waals surface area contributed by atoms with Gasteiger partial charge in [0.05, 0.1) is 12.1 Å². The number of nitrogens with zero attached hydrogens (tertiary/aromatic N) is 1. The van der Waals surface area contributed by atoms with E-state index < -0.39 is 5.97 Å². The van der Waals surface area contributed by atoms with Crippen molar-refractivity contribution in [3.05, 3.63) is 29.6 Å². The lowest BCUT2D eigenvalue weighted by atomic mass is 10.2. The van der Waals surface area contributed by atoms with Gasteiger partial charge < -0.3 is 10.0 Å². The number of carbonyl (C=O) groups excluding carboxylic acids is 1. The van der Waals surface area contributed by atoms with Crippen molar-refractivity contribution in [2.75, 3.05) is 11.9 Å². The van der Waals surface area contributed by atoms with Gasteiger partial charge in [0.15, 0.2) is 0 Å². The fourth-order valence-corrected chi connectivity index (χ4v) is 2.72. The number of hydrogen-bond acceptors (Lipinski definition) is 3. The van der Waals surface area contributed by atoms with Crippen molar-refractivity contribution in [1.29, 1.82) is 0 Å². The lowest BCUT2D eigenvalue weighted by molar-refractivity contribution is -0.138. The van der Waals surface area contributed by atoms with Crippen molar-refractivity contribution in [3.8, 4) is 0 Å². The summed E-state index contributed by atoms with van der Waals surface area (Å²) < 4.78 is 1.12. The summed E-state index contributed by atoms with van der Waals surface area (Å²) in [4.78, 5) is 23.8. The van der Waals surface area contributed by atoms with E-state index in [1.807, 2.05) is 29.6 Å². The molecule has 1 amide bonds. The van der Waals surface area contributed by atoms with E-state index in [0.29, 0.717) is 0 Å². The highest BCUT2D eigenvalue weighted by Crippen LogP contribution is 2.32. The number of anilines is 1. The fourth-order valence-electron chi connectivity index (χ4n) is 1.74. The molecule has 0 aliphatic heterocycles. The monoisotopic (exact) mass is 263 g/mol. The molecule has 0 aliphatic carbocycles. The highest BCUT2D eigenvalue weighted by Gasteiger charge is 2.15. The van der Waals surface area contributed by atoms with Crippen molar-refractivity contribution < 1.29 is 14.7 Å². The van der Waals surface area contributed by atoms with Crippen LogP contribution in [-0.4, -0.2) is 24.0 Å². The minimum absolute atomic E-state index is 0.0238. The maximum absolute atomic E-state index is 11.9. The van der Waals surface area contributed by atoms with Crippen LogP contribution in [0, 0.1) is 0 Å². The molecule has 0 radical (unpaired) electrons. The van der Waals surface area contributed by atoms with Crippen LogP contribution in [0.4, 0.5) is 5.69 Å². The van der Waals surface area contributed by atoms with Gasteiger partial charge in [-0.2, -0.15) is 0 Å². The molecule has 94 valence electrons. The Kier molecular flexibility index (Phi) is 3.62. The Bertz CT molecular complexity index is 591. The molecule has 1 aromatic heterocycles. The number of hydrogen-bond donors (Lipinski definition) is 1. The normalized spacial score (nSPS) is 10.5. The molecule has 2 rings (SSSR count). The van der Waals surface area contributed by atoms with E-state index in [1.165, 1.54) is 4.90 Å². The van der Waals surface area contributed by atoms with Gasteiger partial charge >= 0.3 is 5.97 Å². The number of thiophene rings is 1. The second kappa shape index (κ2) is 5.18. The minimum atomic E-state index is -0.952. The van der Waals surface area contributed by atoms with Crippen LogP contribution in [0.5, 0.6) is 0 Å². The Hall–Kier alpha value is -1.88. The van der Waals surface area contributed by atoms with E-state index in [-0.39, 0.29) is 18.7 Å². The molecule has 0 saturated carbocycles. The summed E-state index contributed by atoms with van der Waals surface area (Å²) in [6.07, 6.45) is -0.110. The van der Waals surface area contributed by atoms with Crippen LogP contribution in [0.3, 0.4) is 0 Å². The fraction of sp³-hybridized carbons (Fsp3) is 0.231. The third kappa shape index (κ3) is 2.51. The van der Waals surface area contributed by atoms with Gasteiger partial charge in [-0.15, -0.1) is 11.3 Å². The average Bonchev–Trinajstić information content (AvgIpc) is 2.78.